The normalized spacial score (nSPS) is 19.2. The van der Waals surface area contributed by atoms with Crippen LogP contribution in [0.5, 0.6) is 11.5 Å². The second kappa shape index (κ2) is 9.58. The third-order valence-corrected chi connectivity index (χ3v) is 4.53. The maximum Gasteiger partial charge on any atom is 0.325 e. The first-order valence-corrected chi connectivity index (χ1v) is 9.76. The van der Waals surface area contributed by atoms with Crippen LogP contribution in [0.3, 0.4) is 0 Å². The molecule has 1 saturated carbocycles. The van der Waals surface area contributed by atoms with Crippen LogP contribution in [-0.4, -0.2) is 47.4 Å². The van der Waals surface area contributed by atoms with Crippen molar-refractivity contribution in [2.75, 3.05) is 19.8 Å². The average Bonchev–Trinajstić information content (AvgIpc) is 2.61. The standard InChI is InChI=1S/C22H29NO6/c1-5-28-18-8-7-14(10-19(18)29-6-2)9-16(24)21-15(23-13-20(26)27)11-22(3,4)12-17(21)25/h7-8,10,24H,5-6,9,11-13H2,1-4H3,(H,26,27)/b21-16-,23-15?. The van der Waals surface area contributed by atoms with Gasteiger partial charge in [0.05, 0.1) is 24.5 Å². The lowest BCUT2D eigenvalue weighted by molar-refractivity contribution is -0.135. The first kappa shape index (κ1) is 22.5. The number of carboxylic acids is 1. The molecule has 0 radical (unpaired) electrons. The summed E-state index contributed by atoms with van der Waals surface area (Å²) in [5.41, 5.74) is 0.899. The monoisotopic (exact) mass is 403 g/mol. The second-order valence-electron chi connectivity index (χ2n) is 7.74. The summed E-state index contributed by atoms with van der Waals surface area (Å²) in [4.78, 5) is 27.7. The molecule has 7 nitrogen and oxygen atoms in total. The third-order valence-electron chi connectivity index (χ3n) is 4.53. The Morgan fingerprint density at radius 3 is 2.38 bits per heavy atom. The van der Waals surface area contributed by atoms with Crippen LogP contribution in [0.2, 0.25) is 0 Å². The Kier molecular flexibility index (Phi) is 7.42. The molecule has 29 heavy (non-hydrogen) atoms. The number of ether oxygens (including phenoxy) is 2. The minimum atomic E-state index is -1.08. The van der Waals surface area contributed by atoms with Crippen LogP contribution in [0.1, 0.15) is 46.1 Å². The van der Waals surface area contributed by atoms with E-state index in [-0.39, 0.29) is 35.4 Å². The minimum absolute atomic E-state index is 0.110. The zero-order valence-electron chi connectivity index (χ0n) is 17.4. The molecule has 0 spiro atoms. The number of carboxylic acid groups (broad SMARTS) is 1. The predicted molar refractivity (Wildman–Crippen MR) is 110 cm³/mol. The van der Waals surface area contributed by atoms with Crippen LogP contribution in [-0.2, 0) is 16.0 Å². The Morgan fingerprint density at radius 1 is 1.10 bits per heavy atom. The quantitative estimate of drug-likeness (QED) is 0.506. The van der Waals surface area contributed by atoms with Crippen molar-refractivity contribution in [2.24, 2.45) is 10.4 Å². The number of carbonyl (C=O) groups excluding carboxylic acids is 1. The fourth-order valence-corrected chi connectivity index (χ4v) is 3.40. The molecule has 0 aliphatic heterocycles. The van der Waals surface area contributed by atoms with Crippen molar-refractivity contribution in [1.82, 2.24) is 0 Å². The Balaban J connectivity index is 2.39. The van der Waals surface area contributed by atoms with Crippen molar-refractivity contribution < 1.29 is 29.3 Å². The number of hydrogen-bond donors (Lipinski definition) is 2. The Bertz CT molecular complexity index is 838. The smallest absolute Gasteiger partial charge is 0.325 e. The van der Waals surface area contributed by atoms with Gasteiger partial charge in [-0.2, -0.15) is 0 Å². The van der Waals surface area contributed by atoms with E-state index in [1.165, 1.54) is 0 Å². The number of aliphatic hydroxyl groups is 1. The summed E-state index contributed by atoms with van der Waals surface area (Å²) in [5, 5.41) is 19.7. The molecule has 1 aromatic carbocycles. The molecule has 0 atom stereocenters. The number of nitrogens with zero attached hydrogens (tertiary/aromatic N) is 1. The van der Waals surface area contributed by atoms with Gasteiger partial charge in [-0.3, -0.25) is 14.6 Å². The highest BCUT2D eigenvalue weighted by molar-refractivity contribution is 6.24. The Hall–Kier alpha value is -2.83. The average molecular weight is 403 g/mol. The summed E-state index contributed by atoms with van der Waals surface area (Å²) in [6, 6.07) is 5.35. The zero-order valence-corrected chi connectivity index (χ0v) is 17.4. The molecule has 1 aliphatic rings. The summed E-state index contributed by atoms with van der Waals surface area (Å²) >= 11 is 0. The highest BCUT2D eigenvalue weighted by Gasteiger charge is 2.36. The van der Waals surface area contributed by atoms with E-state index in [1.807, 2.05) is 27.7 Å². The van der Waals surface area contributed by atoms with E-state index in [0.29, 0.717) is 36.8 Å². The first-order chi connectivity index (χ1) is 13.7. The molecule has 0 unspecified atom stereocenters. The van der Waals surface area contributed by atoms with E-state index in [9.17, 15) is 14.7 Å². The van der Waals surface area contributed by atoms with Crippen LogP contribution in [0, 0.1) is 5.41 Å². The number of rotatable bonds is 8. The molecule has 1 aromatic rings. The van der Waals surface area contributed by atoms with Crippen LogP contribution in [0.4, 0.5) is 0 Å². The van der Waals surface area contributed by atoms with E-state index in [4.69, 9.17) is 14.6 Å². The van der Waals surface area contributed by atoms with E-state index >= 15 is 0 Å². The summed E-state index contributed by atoms with van der Waals surface area (Å²) in [6.45, 7) is 8.14. The maximum atomic E-state index is 12.7. The van der Waals surface area contributed by atoms with Crippen LogP contribution < -0.4 is 9.47 Å². The summed E-state index contributed by atoms with van der Waals surface area (Å²) in [6.07, 6.45) is 0.810. The molecular formula is C22H29NO6. The maximum absolute atomic E-state index is 12.7. The molecule has 1 fully saturated rings. The van der Waals surface area contributed by atoms with Gasteiger partial charge in [-0.1, -0.05) is 19.9 Å². The van der Waals surface area contributed by atoms with Gasteiger partial charge in [-0.05, 0) is 43.4 Å². The zero-order chi connectivity index (χ0) is 21.6. The van der Waals surface area contributed by atoms with E-state index in [1.54, 1.807) is 18.2 Å². The molecule has 0 heterocycles. The van der Waals surface area contributed by atoms with Gasteiger partial charge >= 0.3 is 5.97 Å². The van der Waals surface area contributed by atoms with Crippen molar-refractivity contribution in [2.45, 2.75) is 47.0 Å². The molecule has 2 N–H and O–H groups in total. The van der Waals surface area contributed by atoms with Gasteiger partial charge in [0.15, 0.2) is 17.3 Å². The van der Waals surface area contributed by atoms with Gasteiger partial charge in [0.2, 0.25) is 0 Å². The van der Waals surface area contributed by atoms with Crippen molar-refractivity contribution >= 4 is 17.5 Å². The van der Waals surface area contributed by atoms with Crippen molar-refractivity contribution in [3.05, 3.63) is 35.1 Å². The Morgan fingerprint density at radius 2 is 1.76 bits per heavy atom. The number of hydrogen-bond acceptors (Lipinski definition) is 6. The minimum Gasteiger partial charge on any atom is -0.511 e. The number of aliphatic carboxylic acids is 1. The lowest BCUT2D eigenvalue weighted by Gasteiger charge is -2.31. The number of benzene rings is 1. The highest BCUT2D eigenvalue weighted by Crippen LogP contribution is 2.36. The van der Waals surface area contributed by atoms with Crippen molar-refractivity contribution in [3.63, 3.8) is 0 Å². The summed E-state index contributed by atoms with van der Waals surface area (Å²) < 4.78 is 11.2. The number of carbonyl (C=O) groups is 2. The lowest BCUT2D eigenvalue weighted by atomic mass is 9.73. The molecule has 158 valence electrons. The van der Waals surface area contributed by atoms with Gasteiger partial charge in [-0.15, -0.1) is 0 Å². The fourth-order valence-electron chi connectivity index (χ4n) is 3.40. The molecule has 7 heteroatoms. The highest BCUT2D eigenvalue weighted by atomic mass is 16.5. The molecule has 0 aromatic heterocycles. The number of aliphatic hydroxyl groups excluding tert-OH is 1. The molecule has 0 amide bonds. The summed E-state index contributed by atoms with van der Waals surface area (Å²) in [7, 11) is 0. The fraction of sp³-hybridized carbons (Fsp3) is 0.500. The van der Waals surface area contributed by atoms with Gasteiger partial charge in [-0.25, -0.2) is 0 Å². The largest absolute Gasteiger partial charge is 0.511 e. The lowest BCUT2D eigenvalue weighted by Crippen LogP contribution is -2.33. The molecule has 0 saturated heterocycles. The molecular weight excluding hydrogens is 374 g/mol. The van der Waals surface area contributed by atoms with E-state index < -0.39 is 12.5 Å². The number of ketones is 1. The van der Waals surface area contributed by atoms with Gasteiger partial charge in [0.1, 0.15) is 12.3 Å². The topological polar surface area (TPSA) is 105 Å². The van der Waals surface area contributed by atoms with Gasteiger partial charge in [0.25, 0.3) is 0 Å². The van der Waals surface area contributed by atoms with Crippen molar-refractivity contribution in [3.8, 4) is 11.5 Å². The number of allylic oxidation sites excluding steroid dienone is 2. The number of aliphatic imine (C=N–C) groups is 1. The van der Waals surface area contributed by atoms with E-state index in [0.717, 1.165) is 5.56 Å². The predicted octanol–water partition coefficient (Wildman–Crippen LogP) is 3.75. The van der Waals surface area contributed by atoms with Crippen LogP contribution in [0.15, 0.2) is 34.5 Å². The molecule has 1 aliphatic carbocycles. The molecule has 0 bridgehead atoms. The van der Waals surface area contributed by atoms with Gasteiger partial charge < -0.3 is 19.7 Å². The van der Waals surface area contributed by atoms with Crippen molar-refractivity contribution in [1.29, 1.82) is 0 Å². The molecule has 2 rings (SSSR count). The number of Topliss-reactive ketones (excluding diaryl/α,β-unsaturated/α-hetero) is 1. The van der Waals surface area contributed by atoms with Crippen LogP contribution >= 0.6 is 0 Å². The van der Waals surface area contributed by atoms with Crippen LogP contribution in [0.25, 0.3) is 0 Å². The first-order valence-electron chi connectivity index (χ1n) is 9.76. The summed E-state index contributed by atoms with van der Waals surface area (Å²) in [5.74, 6) is -0.231. The third kappa shape index (κ3) is 6.07. The Labute approximate surface area is 171 Å². The van der Waals surface area contributed by atoms with E-state index in [2.05, 4.69) is 4.99 Å². The SMILES string of the molecule is CCOc1ccc(C/C(O)=C2/C(=O)CC(C)(C)CC2=NCC(=O)O)cc1OCC. The second-order valence-corrected chi connectivity index (χ2v) is 7.74. The van der Waals surface area contributed by atoms with Gasteiger partial charge in [0, 0.05) is 12.8 Å².